The third-order valence-electron chi connectivity index (χ3n) is 1.74. The maximum Gasteiger partial charge on any atom is 0.243 e. The second kappa shape index (κ2) is 6.92. The molecule has 1 aromatic heterocycles. The zero-order chi connectivity index (χ0) is 12.7. The lowest BCUT2D eigenvalue weighted by Gasteiger charge is -2.07. The summed E-state index contributed by atoms with van der Waals surface area (Å²) in [5.41, 5.74) is 10.6. The molecule has 0 aliphatic rings. The van der Waals surface area contributed by atoms with Gasteiger partial charge in [-0.25, -0.2) is 0 Å². The number of nitrogens with zero attached hydrogens (tertiary/aromatic N) is 1. The van der Waals surface area contributed by atoms with Gasteiger partial charge < -0.3 is 26.3 Å². The summed E-state index contributed by atoms with van der Waals surface area (Å²) in [6.07, 6.45) is 0. The van der Waals surface area contributed by atoms with Crippen molar-refractivity contribution in [2.45, 2.75) is 6.92 Å². The molecule has 1 aromatic rings. The van der Waals surface area contributed by atoms with E-state index >= 15 is 0 Å². The number of carbonyl (C=O) groups is 1. The monoisotopic (exact) mass is 260 g/mol. The van der Waals surface area contributed by atoms with Crippen LogP contribution in [0.25, 0.3) is 0 Å². The molecule has 1 amide bonds. The van der Waals surface area contributed by atoms with Crippen molar-refractivity contribution in [2.24, 2.45) is 5.73 Å². The van der Waals surface area contributed by atoms with Crippen molar-refractivity contribution in [1.29, 1.82) is 0 Å². The summed E-state index contributed by atoms with van der Waals surface area (Å²) in [7, 11) is 0. The minimum atomic E-state index is -0.484. The third kappa shape index (κ3) is 4.45. The zero-order valence-corrected chi connectivity index (χ0v) is 10.4. The molecular weight excluding hydrogens is 244 g/mol. The molecule has 0 fully saturated rings. The molecule has 0 aromatic carbocycles. The Labute approximate surface area is 103 Å². The number of carbonyl (C=O) groups excluding carboxylic acids is 1. The highest BCUT2D eigenvalue weighted by molar-refractivity contribution is 7.11. The molecular formula is C9H16N4O3S. The first-order valence-corrected chi connectivity index (χ1v) is 5.90. The fraction of sp³-hybridized carbons (Fsp3) is 0.556. The number of nitrogens with two attached hydrogens (primary N) is 2. The van der Waals surface area contributed by atoms with Crippen molar-refractivity contribution in [1.82, 2.24) is 4.37 Å². The molecule has 0 aliphatic carbocycles. The van der Waals surface area contributed by atoms with Crippen LogP contribution in [0.4, 0.5) is 10.8 Å². The number of primary amides is 1. The van der Waals surface area contributed by atoms with Crippen molar-refractivity contribution in [3.8, 4) is 5.75 Å². The fourth-order valence-electron chi connectivity index (χ4n) is 1.10. The third-order valence-corrected chi connectivity index (χ3v) is 2.54. The van der Waals surface area contributed by atoms with Crippen molar-refractivity contribution in [3.05, 3.63) is 0 Å². The Hall–Kier alpha value is -1.54. The van der Waals surface area contributed by atoms with Gasteiger partial charge in [0.15, 0.2) is 16.6 Å². The normalized spacial score (nSPS) is 10.2. The molecule has 0 unspecified atom stereocenters. The predicted molar refractivity (Wildman–Crippen MR) is 66.2 cm³/mol. The number of rotatable bonds is 8. The van der Waals surface area contributed by atoms with Gasteiger partial charge in [0.05, 0.1) is 13.2 Å². The second-order valence-corrected chi connectivity index (χ2v) is 3.88. The standard InChI is InChI=1S/C9H16N4O3S/c1-2-16-7-8(11)13-17-9(7)12-3-4-15-5-6(10)14/h12H,2-5H2,1H3,(H2,10,14)(H2,11,13). The summed E-state index contributed by atoms with van der Waals surface area (Å²) < 4.78 is 14.3. The topological polar surface area (TPSA) is 112 Å². The smallest absolute Gasteiger partial charge is 0.243 e. The van der Waals surface area contributed by atoms with E-state index in [2.05, 4.69) is 9.69 Å². The Morgan fingerprint density at radius 2 is 2.35 bits per heavy atom. The Morgan fingerprint density at radius 3 is 3.00 bits per heavy atom. The number of nitrogens with one attached hydrogen (secondary N) is 1. The van der Waals surface area contributed by atoms with Gasteiger partial charge in [-0.3, -0.25) is 4.79 Å². The quantitative estimate of drug-likeness (QED) is 0.569. The zero-order valence-electron chi connectivity index (χ0n) is 9.56. The van der Waals surface area contributed by atoms with E-state index in [4.69, 9.17) is 20.9 Å². The van der Waals surface area contributed by atoms with Crippen molar-refractivity contribution >= 4 is 28.3 Å². The number of amides is 1. The van der Waals surface area contributed by atoms with Crippen LogP contribution in [-0.4, -0.2) is 36.6 Å². The van der Waals surface area contributed by atoms with Gasteiger partial charge in [0.25, 0.3) is 0 Å². The van der Waals surface area contributed by atoms with E-state index in [0.29, 0.717) is 31.3 Å². The minimum absolute atomic E-state index is 0.0785. The van der Waals surface area contributed by atoms with Crippen molar-refractivity contribution in [2.75, 3.05) is 37.4 Å². The molecule has 0 bridgehead atoms. The number of anilines is 2. The molecule has 0 radical (unpaired) electrons. The second-order valence-electron chi connectivity index (χ2n) is 3.10. The Balaban J connectivity index is 2.33. The van der Waals surface area contributed by atoms with E-state index in [1.807, 2.05) is 6.92 Å². The lowest BCUT2D eigenvalue weighted by molar-refractivity contribution is -0.122. The Morgan fingerprint density at radius 1 is 1.59 bits per heavy atom. The molecule has 1 rings (SSSR count). The molecule has 5 N–H and O–H groups in total. The highest BCUT2D eigenvalue weighted by atomic mass is 32.1. The van der Waals surface area contributed by atoms with Gasteiger partial charge in [0, 0.05) is 6.54 Å². The average Bonchev–Trinajstić information content (AvgIpc) is 2.61. The molecule has 7 nitrogen and oxygen atoms in total. The molecule has 17 heavy (non-hydrogen) atoms. The van der Waals surface area contributed by atoms with Crippen LogP contribution in [-0.2, 0) is 9.53 Å². The van der Waals surface area contributed by atoms with E-state index in [1.54, 1.807) is 0 Å². The van der Waals surface area contributed by atoms with Crippen LogP contribution in [0.3, 0.4) is 0 Å². The summed E-state index contributed by atoms with van der Waals surface area (Å²) in [6.45, 7) is 3.21. The molecule has 0 aliphatic heterocycles. The summed E-state index contributed by atoms with van der Waals surface area (Å²) in [5, 5.41) is 3.82. The van der Waals surface area contributed by atoms with Crippen LogP contribution in [0, 0.1) is 0 Å². The van der Waals surface area contributed by atoms with E-state index in [1.165, 1.54) is 11.5 Å². The van der Waals surface area contributed by atoms with Crippen LogP contribution in [0.1, 0.15) is 6.92 Å². The van der Waals surface area contributed by atoms with E-state index < -0.39 is 5.91 Å². The minimum Gasteiger partial charge on any atom is -0.487 e. The Kier molecular flexibility index (Phi) is 5.50. The summed E-state index contributed by atoms with van der Waals surface area (Å²) in [4.78, 5) is 10.4. The van der Waals surface area contributed by atoms with Gasteiger partial charge in [0.1, 0.15) is 6.61 Å². The fourth-order valence-corrected chi connectivity index (χ4v) is 1.79. The SMILES string of the molecule is CCOc1c(N)nsc1NCCOCC(N)=O. The first-order valence-electron chi connectivity index (χ1n) is 5.13. The summed E-state index contributed by atoms with van der Waals surface area (Å²) >= 11 is 1.22. The number of nitrogen functional groups attached to an aromatic ring is 1. The molecule has 0 spiro atoms. The van der Waals surface area contributed by atoms with E-state index in [9.17, 15) is 4.79 Å². The molecule has 8 heteroatoms. The van der Waals surface area contributed by atoms with Gasteiger partial charge in [-0.1, -0.05) is 0 Å². The first kappa shape index (κ1) is 13.5. The van der Waals surface area contributed by atoms with Gasteiger partial charge in [-0.15, -0.1) is 0 Å². The average molecular weight is 260 g/mol. The van der Waals surface area contributed by atoms with Crippen LogP contribution in [0.15, 0.2) is 0 Å². The first-order chi connectivity index (χ1) is 8.15. The van der Waals surface area contributed by atoms with Gasteiger partial charge in [-0.2, -0.15) is 4.37 Å². The van der Waals surface area contributed by atoms with Crippen molar-refractivity contribution < 1.29 is 14.3 Å². The van der Waals surface area contributed by atoms with Gasteiger partial charge in [0.2, 0.25) is 5.91 Å². The van der Waals surface area contributed by atoms with Gasteiger partial charge >= 0.3 is 0 Å². The molecule has 0 saturated heterocycles. The van der Waals surface area contributed by atoms with Gasteiger partial charge in [-0.05, 0) is 18.5 Å². The Bertz CT molecular complexity index is 369. The summed E-state index contributed by atoms with van der Waals surface area (Å²) in [5.74, 6) is 0.451. The number of aromatic nitrogens is 1. The van der Waals surface area contributed by atoms with Crippen LogP contribution < -0.4 is 21.5 Å². The maximum absolute atomic E-state index is 10.4. The van der Waals surface area contributed by atoms with E-state index in [0.717, 1.165) is 5.00 Å². The lowest BCUT2D eigenvalue weighted by Crippen LogP contribution is -2.20. The van der Waals surface area contributed by atoms with E-state index in [-0.39, 0.29) is 6.61 Å². The van der Waals surface area contributed by atoms with Crippen molar-refractivity contribution in [3.63, 3.8) is 0 Å². The highest BCUT2D eigenvalue weighted by Crippen LogP contribution is 2.34. The molecule has 0 saturated carbocycles. The lowest BCUT2D eigenvalue weighted by atomic mass is 10.5. The number of hydrogen-bond acceptors (Lipinski definition) is 7. The largest absolute Gasteiger partial charge is 0.487 e. The maximum atomic E-state index is 10.4. The summed E-state index contributed by atoms with van der Waals surface area (Å²) in [6, 6.07) is 0. The molecule has 0 atom stereocenters. The van der Waals surface area contributed by atoms with Crippen LogP contribution >= 0.6 is 11.5 Å². The highest BCUT2D eigenvalue weighted by Gasteiger charge is 2.11. The van der Waals surface area contributed by atoms with Crippen LogP contribution in [0.5, 0.6) is 5.75 Å². The molecule has 96 valence electrons. The number of ether oxygens (including phenoxy) is 2. The predicted octanol–water partition coefficient (Wildman–Crippen LogP) is 0.0378. The molecule has 1 heterocycles. The number of hydrogen-bond donors (Lipinski definition) is 3. The van der Waals surface area contributed by atoms with Crippen LogP contribution in [0.2, 0.25) is 0 Å².